The van der Waals surface area contributed by atoms with Crippen molar-refractivity contribution in [1.82, 2.24) is 4.90 Å². The molecule has 0 amide bonds. The van der Waals surface area contributed by atoms with Gasteiger partial charge in [0.2, 0.25) is 0 Å². The smallest absolute Gasteiger partial charge is 0.0701 e. The van der Waals surface area contributed by atoms with E-state index in [1.54, 1.807) is 0 Å². The second kappa shape index (κ2) is 9.16. The van der Waals surface area contributed by atoms with Crippen LogP contribution < -0.4 is 0 Å². The zero-order valence-corrected chi connectivity index (χ0v) is 11.7. The Labute approximate surface area is 109 Å². The zero-order chi connectivity index (χ0) is 12.5. The molecule has 1 aliphatic rings. The van der Waals surface area contributed by atoms with E-state index in [0.717, 1.165) is 32.1 Å². The maximum Gasteiger partial charge on any atom is 0.0701 e. The molecule has 1 heterocycles. The molecule has 1 fully saturated rings. The molecule has 0 radical (unpaired) electrons. The SMILES string of the molecule is CC(C)SC[C@@H](CO)N1CCOCCOCC1. The van der Waals surface area contributed by atoms with E-state index >= 15 is 0 Å². The van der Waals surface area contributed by atoms with Crippen LogP contribution in [0.1, 0.15) is 13.8 Å². The van der Waals surface area contributed by atoms with Gasteiger partial charge in [-0.05, 0) is 5.25 Å². The molecule has 17 heavy (non-hydrogen) atoms. The van der Waals surface area contributed by atoms with Crippen molar-refractivity contribution < 1.29 is 14.6 Å². The lowest BCUT2D eigenvalue weighted by atomic mass is 10.3. The Hall–Kier alpha value is 0.190. The van der Waals surface area contributed by atoms with Crippen LogP contribution >= 0.6 is 11.8 Å². The monoisotopic (exact) mass is 263 g/mol. The number of thioether (sulfide) groups is 1. The molecule has 1 N–H and O–H groups in total. The molecule has 1 saturated heterocycles. The van der Waals surface area contributed by atoms with E-state index in [4.69, 9.17) is 9.47 Å². The first kappa shape index (κ1) is 15.2. The Morgan fingerprint density at radius 2 is 1.71 bits per heavy atom. The summed E-state index contributed by atoms with van der Waals surface area (Å²) in [6.07, 6.45) is 0. The zero-order valence-electron chi connectivity index (χ0n) is 10.9. The van der Waals surface area contributed by atoms with Crippen LogP contribution in [0.15, 0.2) is 0 Å². The summed E-state index contributed by atoms with van der Waals surface area (Å²) >= 11 is 1.89. The lowest BCUT2D eigenvalue weighted by Crippen LogP contribution is -2.43. The van der Waals surface area contributed by atoms with Crippen molar-refractivity contribution in [2.24, 2.45) is 0 Å². The molecule has 102 valence electrons. The van der Waals surface area contributed by atoms with Crippen LogP contribution in [0.2, 0.25) is 0 Å². The molecule has 0 unspecified atom stereocenters. The van der Waals surface area contributed by atoms with Gasteiger partial charge in [0.25, 0.3) is 0 Å². The van der Waals surface area contributed by atoms with Gasteiger partial charge < -0.3 is 14.6 Å². The third-order valence-electron chi connectivity index (χ3n) is 2.77. The highest BCUT2D eigenvalue weighted by Crippen LogP contribution is 2.14. The van der Waals surface area contributed by atoms with E-state index in [9.17, 15) is 5.11 Å². The van der Waals surface area contributed by atoms with Gasteiger partial charge in [-0.1, -0.05) is 13.8 Å². The average molecular weight is 263 g/mol. The average Bonchev–Trinajstić information content (AvgIpc) is 2.43. The Morgan fingerprint density at radius 3 is 2.18 bits per heavy atom. The number of hydrogen-bond acceptors (Lipinski definition) is 5. The Morgan fingerprint density at radius 1 is 1.12 bits per heavy atom. The van der Waals surface area contributed by atoms with Gasteiger partial charge >= 0.3 is 0 Å². The number of ether oxygens (including phenoxy) is 2. The molecule has 0 aromatic carbocycles. The molecule has 0 aromatic heterocycles. The standard InChI is InChI=1S/C12H25NO3S/c1-11(2)17-10-12(9-14)13-3-5-15-7-8-16-6-4-13/h11-12,14H,3-10H2,1-2H3/t12-/m1/s1. The number of rotatable bonds is 5. The largest absolute Gasteiger partial charge is 0.395 e. The lowest BCUT2D eigenvalue weighted by Gasteiger charge is -2.29. The van der Waals surface area contributed by atoms with E-state index in [2.05, 4.69) is 18.7 Å². The van der Waals surface area contributed by atoms with E-state index in [0.29, 0.717) is 18.5 Å². The summed E-state index contributed by atoms with van der Waals surface area (Å²) in [5.41, 5.74) is 0. The topological polar surface area (TPSA) is 41.9 Å². The minimum atomic E-state index is 0.208. The van der Waals surface area contributed by atoms with Crippen LogP contribution in [0.3, 0.4) is 0 Å². The Bertz CT molecular complexity index is 183. The molecule has 0 spiro atoms. The van der Waals surface area contributed by atoms with Crippen molar-refractivity contribution in [2.75, 3.05) is 51.9 Å². The van der Waals surface area contributed by atoms with Crippen LogP contribution in [0.25, 0.3) is 0 Å². The number of aliphatic hydroxyl groups is 1. The number of hydrogen-bond donors (Lipinski definition) is 1. The summed E-state index contributed by atoms with van der Waals surface area (Å²) in [4.78, 5) is 2.28. The van der Waals surface area contributed by atoms with Crippen molar-refractivity contribution in [3.63, 3.8) is 0 Å². The van der Waals surface area contributed by atoms with Crippen LogP contribution in [-0.2, 0) is 9.47 Å². The van der Waals surface area contributed by atoms with Gasteiger partial charge in [-0.25, -0.2) is 0 Å². The van der Waals surface area contributed by atoms with Crippen molar-refractivity contribution in [1.29, 1.82) is 0 Å². The van der Waals surface area contributed by atoms with Gasteiger partial charge in [-0.3, -0.25) is 4.90 Å². The van der Waals surface area contributed by atoms with Crippen molar-refractivity contribution in [3.05, 3.63) is 0 Å². The summed E-state index contributed by atoms with van der Waals surface area (Å²) in [5.74, 6) is 0.966. The Kier molecular flexibility index (Phi) is 8.22. The first-order valence-corrected chi connectivity index (χ1v) is 7.41. The van der Waals surface area contributed by atoms with E-state index in [1.807, 2.05) is 11.8 Å². The number of aliphatic hydroxyl groups excluding tert-OH is 1. The van der Waals surface area contributed by atoms with Gasteiger partial charge in [0.1, 0.15) is 0 Å². The molecule has 0 saturated carbocycles. The molecule has 0 aromatic rings. The molecule has 1 aliphatic heterocycles. The normalized spacial score (nSPS) is 21.9. The third kappa shape index (κ3) is 6.62. The van der Waals surface area contributed by atoms with E-state index in [1.165, 1.54) is 0 Å². The highest BCUT2D eigenvalue weighted by Gasteiger charge is 2.18. The summed E-state index contributed by atoms with van der Waals surface area (Å²) in [7, 11) is 0. The summed E-state index contributed by atoms with van der Waals surface area (Å²) in [6.45, 7) is 9.16. The second-order valence-corrected chi connectivity index (χ2v) is 6.09. The minimum Gasteiger partial charge on any atom is -0.395 e. The first-order valence-electron chi connectivity index (χ1n) is 6.36. The molecular formula is C12H25NO3S. The molecule has 0 aliphatic carbocycles. The van der Waals surface area contributed by atoms with Gasteiger partial charge in [0, 0.05) is 24.9 Å². The predicted molar refractivity (Wildman–Crippen MR) is 71.7 cm³/mol. The maximum absolute atomic E-state index is 9.49. The third-order valence-corrected chi connectivity index (χ3v) is 4.01. The van der Waals surface area contributed by atoms with Crippen molar-refractivity contribution >= 4 is 11.8 Å². The fraction of sp³-hybridized carbons (Fsp3) is 1.00. The summed E-state index contributed by atoms with van der Waals surface area (Å²) in [6, 6.07) is 0.215. The van der Waals surface area contributed by atoms with Crippen LogP contribution in [0, 0.1) is 0 Å². The van der Waals surface area contributed by atoms with Gasteiger partial charge in [0.05, 0.1) is 33.0 Å². The fourth-order valence-electron chi connectivity index (χ4n) is 1.74. The van der Waals surface area contributed by atoms with Crippen molar-refractivity contribution in [2.45, 2.75) is 25.1 Å². The molecule has 4 nitrogen and oxygen atoms in total. The van der Waals surface area contributed by atoms with Crippen molar-refractivity contribution in [3.8, 4) is 0 Å². The molecular weight excluding hydrogens is 238 g/mol. The van der Waals surface area contributed by atoms with Crippen LogP contribution in [0.4, 0.5) is 0 Å². The summed E-state index contributed by atoms with van der Waals surface area (Å²) < 4.78 is 10.9. The van der Waals surface area contributed by atoms with E-state index in [-0.39, 0.29) is 12.6 Å². The van der Waals surface area contributed by atoms with Crippen LogP contribution in [-0.4, -0.2) is 73.2 Å². The van der Waals surface area contributed by atoms with Gasteiger partial charge in [-0.2, -0.15) is 11.8 Å². The Balaban J connectivity index is 2.39. The first-order chi connectivity index (χ1) is 8.24. The minimum absolute atomic E-state index is 0.208. The maximum atomic E-state index is 9.49. The molecule has 0 bridgehead atoms. The predicted octanol–water partition coefficient (Wildman–Crippen LogP) is 0.838. The molecule has 5 heteroatoms. The lowest BCUT2D eigenvalue weighted by molar-refractivity contribution is 0.0629. The van der Waals surface area contributed by atoms with Gasteiger partial charge in [0.15, 0.2) is 0 Å². The number of nitrogens with zero attached hydrogens (tertiary/aromatic N) is 1. The quantitative estimate of drug-likeness (QED) is 0.796. The highest BCUT2D eigenvalue weighted by atomic mass is 32.2. The van der Waals surface area contributed by atoms with Crippen LogP contribution in [0.5, 0.6) is 0 Å². The summed E-state index contributed by atoms with van der Waals surface area (Å²) in [5, 5.41) is 10.1. The fourth-order valence-corrected chi connectivity index (χ4v) is 2.66. The molecule has 1 rings (SSSR count). The molecule has 1 atom stereocenters. The van der Waals surface area contributed by atoms with E-state index < -0.39 is 0 Å². The van der Waals surface area contributed by atoms with Gasteiger partial charge in [-0.15, -0.1) is 0 Å². The second-order valence-electron chi connectivity index (χ2n) is 4.48. The highest BCUT2D eigenvalue weighted by molar-refractivity contribution is 7.99.